The first kappa shape index (κ1) is 21.8. The van der Waals surface area contributed by atoms with Crippen molar-refractivity contribution in [3.8, 4) is 0 Å². The van der Waals surface area contributed by atoms with Crippen molar-refractivity contribution in [1.82, 2.24) is 5.32 Å². The quantitative estimate of drug-likeness (QED) is 0.658. The maximum atomic E-state index is 13.4. The molecule has 0 aliphatic heterocycles. The molecule has 1 aromatic carbocycles. The predicted molar refractivity (Wildman–Crippen MR) is 98.1 cm³/mol. The van der Waals surface area contributed by atoms with Gasteiger partial charge in [0.2, 0.25) is 11.8 Å². The van der Waals surface area contributed by atoms with E-state index in [1.807, 2.05) is 20.8 Å². The molecular formula is C20H28F2N2O2. The molecule has 0 aromatic heterocycles. The fourth-order valence-corrected chi connectivity index (χ4v) is 3.02. The second kappa shape index (κ2) is 9.46. The largest absolute Gasteiger partial charge is 0.369 e. The van der Waals surface area contributed by atoms with Crippen LogP contribution in [0.25, 0.3) is 0 Å². The van der Waals surface area contributed by atoms with Gasteiger partial charge in [-0.05, 0) is 57.2 Å². The van der Waals surface area contributed by atoms with Gasteiger partial charge in [0.15, 0.2) is 0 Å². The Morgan fingerprint density at radius 1 is 1.15 bits per heavy atom. The summed E-state index contributed by atoms with van der Waals surface area (Å²) in [6.07, 6.45) is 0.447. The average molecular weight is 366 g/mol. The Bertz CT molecular complexity index is 654. The highest BCUT2D eigenvalue weighted by Gasteiger charge is 2.36. The van der Waals surface area contributed by atoms with Crippen molar-refractivity contribution in [2.45, 2.75) is 46.6 Å². The first-order valence-corrected chi connectivity index (χ1v) is 8.73. The molecule has 6 heteroatoms. The highest BCUT2D eigenvalue weighted by atomic mass is 19.1. The van der Waals surface area contributed by atoms with Crippen LogP contribution in [0.5, 0.6) is 0 Å². The molecule has 0 bridgehead atoms. The molecule has 0 fully saturated rings. The Morgan fingerprint density at radius 2 is 1.69 bits per heavy atom. The van der Waals surface area contributed by atoms with Crippen LogP contribution in [0.1, 0.15) is 39.7 Å². The maximum Gasteiger partial charge on any atom is 0.224 e. The molecule has 0 saturated carbocycles. The lowest BCUT2D eigenvalue weighted by Crippen LogP contribution is -2.45. The number of nitrogens with two attached hydrogens (primary N) is 1. The third-order valence-corrected chi connectivity index (χ3v) is 4.51. The summed E-state index contributed by atoms with van der Waals surface area (Å²) in [7, 11) is 0. The summed E-state index contributed by atoms with van der Waals surface area (Å²) in [6, 6.07) is 3.13. The lowest BCUT2D eigenvalue weighted by Gasteiger charge is -2.30. The zero-order valence-electron chi connectivity index (χ0n) is 15.8. The lowest BCUT2D eigenvalue weighted by atomic mass is 9.76. The first-order valence-electron chi connectivity index (χ1n) is 8.73. The van der Waals surface area contributed by atoms with E-state index in [9.17, 15) is 18.4 Å². The Balaban J connectivity index is 3.08. The van der Waals surface area contributed by atoms with Gasteiger partial charge in [0.05, 0.1) is 11.8 Å². The van der Waals surface area contributed by atoms with Gasteiger partial charge < -0.3 is 11.1 Å². The molecule has 0 saturated heterocycles. The van der Waals surface area contributed by atoms with Gasteiger partial charge in [-0.25, -0.2) is 8.78 Å². The second-order valence-electron chi connectivity index (χ2n) is 7.15. The summed E-state index contributed by atoms with van der Waals surface area (Å²) in [4.78, 5) is 24.8. The minimum atomic E-state index is -0.772. The Hall–Kier alpha value is -2.24. The van der Waals surface area contributed by atoms with Crippen molar-refractivity contribution in [2.75, 3.05) is 0 Å². The van der Waals surface area contributed by atoms with Crippen molar-refractivity contribution in [2.24, 2.45) is 23.5 Å². The highest BCUT2D eigenvalue weighted by Crippen LogP contribution is 2.30. The Kier molecular flexibility index (Phi) is 7.93. The minimum Gasteiger partial charge on any atom is -0.369 e. The zero-order valence-corrected chi connectivity index (χ0v) is 15.8. The van der Waals surface area contributed by atoms with E-state index in [1.54, 1.807) is 6.92 Å². The van der Waals surface area contributed by atoms with Crippen LogP contribution >= 0.6 is 0 Å². The number of benzene rings is 1. The molecule has 1 rings (SSSR count). The van der Waals surface area contributed by atoms with Crippen molar-refractivity contribution in [1.29, 1.82) is 0 Å². The number of allylic oxidation sites excluding steroid dienone is 1. The van der Waals surface area contributed by atoms with E-state index < -0.39 is 29.4 Å². The number of hydrogen-bond acceptors (Lipinski definition) is 2. The lowest BCUT2D eigenvalue weighted by molar-refractivity contribution is -0.135. The van der Waals surface area contributed by atoms with E-state index in [0.717, 1.165) is 11.6 Å². The molecule has 1 unspecified atom stereocenters. The van der Waals surface area contributed by atoms with Gasteiger partial charge in [0.1, 0.15) is 11.6 Å². The number of hydrogen-bond donors (Lipinski definition) is 2. The summed E-state index contributed by atoms with van der Waals surface area (Å²) in [5.41, 5.74) is 6.75. The van der Waals surface area contributed by atoms with E-state index in [-0.39, 0.29) is 30.7 Å². The smallest absolute Gasteiger partial charge is 0.224 e. The van der Waals surface area contributed by atoms with Crippen LogP contribution in [0.4, 0.5) is 8.78 Å². The van der Waals surface area contributed by atoms with Crippen molar-refractivity contribution in [3.63, 3.8) is 0 Å². The molecule has 0 spiro atoms. The first-order chi connectivity index (χ1) is 12.0. The normalized spacial score (nSPS) is 14.6. The number of nitrogens with one attached hydrogen (secondary N) is 1. The van der Waals surface area contributed by atoms with Crippen LogP contribution in [0.2, 0.25) is 0 Å². The highest BCUT2D eigenvalue weighted by molar-refractivity contribution is 5.87. The summed E-state index contributed by atoms with van der Waals surface area (Å²) in [6.45, 7) is 11.2. The number of aryl methyl sites for hydroxylation is 1. The van der Waals surface area contributed by atoms with Gasteiger partial charge in [0, 0.05) is 12.1 Å². The molecule has 144 valence electrons. The minimum absolute atomic E-state index is 0.0897. The molecule has 1 aromatic rings. The molecular weight excluding hydrogens is 338 g/mol. The number of halogens is 2. The standard InChI is InChI=1S/C20H28F2N2O2/c1-11(2)13(5)18(20(26)24-12(3)4)17(19(23)25)7-6-14-8-15(21)10-16(22)9-14/h8-10,12-13,17-18H,1,6-7H2,2-5H3,(H2,23,25)(H,24,26)/t13-,17-,18?/m0/s1. The molecule has 2 amide bonds. The molecule has 3 N–H and O–H groups in total. The van der Waals surface area contributed by atoms with Crippen molar-refractivity contribution >= 4 is 11.8 Å². The van der Waals surface area contributed by atoms with Gasteiger partial charge in [0.25, 0.3) is 0 Å². The maximum absolute atomic E-state index is 13.4. The summed E-state index contributed by atoms with van der Waals surface area (Å²) in [5.74, 6) is -3.98. The van der Waals surface area contributed by atoms with Crippen molar-refractivity contribution < 1.29 is 18.4 Å². The van der Waals surface area contributed by atoms with E-state index in [0.29, 0.717) is 5.56 Å². The van der Waals surface area contributed by atoms with Crippen LogP contribution in [0, 0.1) is 29.4 Å². The molecule has 0 radical (unpaired) electrons. The third kappa shape index (κ3) is 6.24. The molecule has 26 heavy (non-hydrogen) atoms. The number of primary amides is 1. The number of rotatable bonds is 9. The second-order valence-corrected chi connectivity index (χ2v) is 7.15. The monoisotopic (exact) mass is 366 g/mol. The van der Waals surface area contributed by atoms with E-state index >= 15 is 0 Å². The van der Waals surface area contributed by atoms with Gasteiger partial charge in [-0.2, -0.15) is 0 Å². The molecule has 3 atom stereocenters. The average Bonchev–Trinajstić information content (AvgIpc) is 2.48. The van der Waals surface area contributed by atoms with Gasteiger partial charge in [-0.3, -0.25) is 9.59 Å². The number of carbonyl (C=O) groups is 2. The fraction of sp³-hybridized carbons (Fsp3) is 0.500. The Labute approximate surface area is 153 Å². The number of amides is 2. The molecule has 4 nitrogen and oxygen atoms in total. The van der Waals surface area contributed by atoms with E-state index in [4.69, 9.17) is 5.73 Å². The van der Waals surface area contributed by atoms with Gasteiger partial charge in [-0.1, -0.05) is 19.1 Å². The zero-order chi connectivity index (χ0) is 20.0. The van der Waals surface area contributed by atoms with Crippen LogP contribution in [0.15, 0.2) is 30.4 Å². The topological polar surface area (TPSA) is 72.2 Å². The predicted octanol–water partition coefficient (Wildman–Crippen LogP) is 3.35. The van der Waals surface area contributed by atoms with Crippen LogP contribution in [0.3, 0.4) is 0 Å². The van der Waals surface area contributed by atoms with E-state index in [1.165, 1.54) is 12.1 Å². The molecule has 0 heterocycles. The van der Waals surface area contributed by atoms with Crippen LogP contribution in [-0.2, 0) is 16.0 Å². The Morgan fingerprint density at radius 3 is 2.12 bits per heavy atom. The van der Waals surface area contributed by atoms with E-state index in [2.05, 4.69) is 11.9 Å². The van der Waals surface area contributed by atoms with Crippen LogP contribution in [-0.4, -0.2) is 17.9 Å². The fourth-order valence-electron chi connectivity index (χ4n) is 3.02. The summed E-state index contributed by atoms with van der Waals surface area (Å²) < 4.78 is 26.7. The van der Waals surface area contributed by atoms with Crippen molar-refractivity contribution in [3.05, 3.63) is 47.5 Å². The summed E-state index contributed by atoms with van der Waals surface area (Å²) in [5, 5.41) is 2.82. The molecule has 0 aliphatic rings. The molecule has 0 aliphatic carbocycles. The third-order valence-electron chi connectivity index (χ3n) is 4.51. The van der Waals surface area contributed by atoms with Crippen LogP contribution < -0.4 is 11.1 Å². The van der Waals surface area contributed by atoms with Gasteiger partial charge >= 0.3 is 0 Å². The number of carbonyl (C=O) groups excluding carboxylic acids is 2. The van der Waals surface area contributed by atoms with Gasteiger partial charge in [-0.15, -0.1) is 0 Å². The summed E-state index contributed by atoms with van der Waals surface area (Å²) >= 11 is 0. The SMILES string of the molecule is C=C(C)[C@H](C)C(C(=O)NC(C)C)[C@H](CCc1cc(F)cc(F)c1)C(N)=O.